The van der Waals surface area contributed by atoms with Crippen molar-refractivity contribution in [2.75, 3.05) is 26.2 Å². The second-order valence-electron chi connectivity index (χ2n) is 6.34. The molecule has 2 fully saturated rings. The lowest BCUT2D eigenvalue weighted by Gasteiger charge is -2.43. The maximum absolute atomic E-state index is 3.48. The van der Waals surface area contributed by atoms with E-state index in [0.29, 0.717) is 6.04 Å². The molecule has 4 heteroatoms. The summed E-state index contributed by atoms with van der Waals surface area (Å²) in [5.74, 6) is 0.888. The monoisotopic (exact) mass is 330 g/mol. The van der Waals surface area contributed by atoms with Gasteiger partial charge in [-0.25, -0.2) is 0 Å². The standard InChI is InChI=1S/C17H26N2.2ClH/c1-13-10-14(2)12-16(11-13)17(15-4-3-5-15)19-8-6-18-7-9-19;;/h10-12,15,17-18H,3-9H2,1-2H3;2*1H/t17-;;/m0../s1. The zero-order valence-corrected chi connectivity index (χ0v) is 14.7. The molecule has 0 aromatic heterocycles. The number of aryl methyl sites for hydroxylation is 2. The molecule has 0 unspecified atom stereocenters. The molecule has 1 N–H and O–H groups in total. The Kier molecular flexibility index (Phi) is 7.49. The molecule has 1 saturated carbocycles. The average Bonchev–Trinajstić information content (AvgIpc) is 2.33. The summed E-state index contributed by atoms with van der Waals surface area (Å²) < 4.78 is 0. The molecule has 0 spiro atoms. The Hall–Kier alpha value is -0.280. The van der Waals surface area contributed by atoms with E-state index in [1.54, 1.807) is 5.56 Å². The zero-order chi connectivity index (χ0) is 13.2. The number of benzene rings is 1. The van der Waals surface area contributed by atoms with Gasteiger partial charge in [-0.1, -0.05) is 35.7 Å². The van der Waals surface area contributed by atoms with E-state index in [1.165, 1.54) is 43.5 Å². The number of nitrogens with zero attached hydrogens (tertiary/aromatic N) is 1. The minimum atomic E-state index is 0. The molecule has 1 heterocycles. The SMILES string of the molecule is Cc1cc(C)cc([C@H](C2CCC2)N2CCNCC2)c1.Cl.Cl. The third-order valence-corrected chi connectivity index (χ3v) is 4.73. The van der Waals surface area contributed by atoms with Gasteiger partial charge >= 0.3 is 0 Å². The summed E-state index contributed by atoms with van der Waals surface area (Å²) in [7, 11) is 0. The summed E-state index contributed by atoms with van der Waals surface area (Å²) in [4.78, 5) is 2.72. The summed E-state index contributed by atoms with van der Waals surface area (Å²) in [5, 5.41) is 3.48. The maximum atomic E-state index is 3.48. The van der Waals surface area contributed by atoms with Crippen LogP contribution in [0.5, 0.6) is 0 Å². The van der Waals surface area contributed by atoms with Crippen molar-refractivity contribution in [3.8, 4) is 0 Å². The van der Waals surface area contributed by atoms with E-state index in [0.717, 1.165) is 19.0 Å². The predicted octanol–water partition coefficient (Wildman–Crippen LogP) is 3.89. The topological polar surface area (TPSA) is 15.3 Å². The van der Waals surface area contributed by atoms with Crippen LogP contribution >= 0.6 is 24.8 Å². The zero-order valence-electron chi connectivity index (χ0n) is 13.1. The van der Waals surface area contributed by atoms with Crippen molar-refractivity contribution < 1.29 is 0 Å². The minimum Gasteiger partial charge on any atom is -0.314 e. The molecule has 1 aliphatic heterocycles. The van der Waals surface area contributed by atoms with Gasteiger partial charge in [0, 0.05) is 32.2 Å². The van der Waals surface area contributed by atoms with Crippen LogP contribution in [0.15, 0.2) is 18.2 Å². The number of nitrogens with one attached hydrogen (secondary N) is 1. The van der Waals surface area contributed by atoms with Gasteiger partial charge in [0.25, 0.3) is 0 Å². The summed E-state index contributed by atoms with van der Waals surface area (Å²) >= 11 is 0. The lowest BCUT2D eigenvalue weighted by Crippen LogP contribution is -2.47. The highest BCUT2D eigenvalue weighted by Gasteiger charge is 2.33. The van der Waals surface area contributed by atoms with Gasteiger partial charge in [0.1, 0.15) is 0 Å². The van der Waals surface area contributed by atoms with Crippen LogP contribution in [0.1, 0.15) is 42.0 Å². The number of halogens is 2. The molecule has 1 aromatic rings. The van der Waals surface area contributed by atoms with Gasteiger partial charge in [-0.15, -0.1) is 24.8 Å². The van der Waals surface area contributed by atoms with Gasteiger partial charge in [0.05, 0.1) is 0 Å². The fraction of sp³-hybridized carbons (Fsp3) is 0.647. The van der Waals surface area contributed by atoms with Gasteiger partial charge in [-0.2, -0.15) is 0 Å². The lowest BCUT2D eigenvalue weighted by atomic mass is 9.76. The van der Waals surface area contributed by atoms with Crippen molar-refractivity contribution >= 4 is 24.8 Å². The summed E-state index contributed by atoms with van der Waals surface area (Å²) in [6, 6.07) is 7.78. The average molecular weight is 331 g/mol. The van der Waals surface area contributed by atoms with Crippen LogP contribution in [0.4, 0.5) is 0 Å². The highest BCUT2D eigenvalue weighted by molar-refractivity contribution is 5.85. The lowest BCUT2D eigenvalue weighted by molar-refractivity contribution is 0.0836. The van der Waals surface area contributed by atoms with Crippen molar-refractivity contribution in [3.05, 3.63) is 34.9 Å². The van der Waals surface area contributed by atoms with E-state index in [2.05, 4.69) is 42.3 Å². The van der Waals surface area contributed by atoms with Crippen molar-refractivity contribution in [1.82, 2.24) is 10.2 Å². The van der Waals surface area contributed by atoms with Crippen LogP contribution in [0.3, 0.4) is 0 Å². The van der Waals surface area contributed by atoms with Gasteiger partial charge in [-0.3, -0.25) is 4.90 Å². The van der Waals surface area contributed by atoms with E-state index in [1.807, 2.05) is 0 Å². The first-order valence-corrected chi connectivity index (χ1v) is 7.77. The first-order chi connectivity index (χ1) is 9.24. The first-order valence-electron chi connectivity index (χ1n) is 7.77. The van der Waals surface area contributed by atoms with Crippen LogP contribution < -0.4 is 5.32 Å². The Balaban J connectivity index is 0.00000110. The summed E-state index contributed by atoms with van der Waals surface area (Å²) in [6.45, 7) is 9.16. The Bertz CT molecular complexity index is 420. The van der Waals surface area contributed by atoms with Crippen LogP contribution in [0.2, 0.25) is 0 Å². The highest BCUT2D eigenvalue weighted by Crippen LogP contribution is 2.41. The van der Waals surface area contributed by atoms with Gasteiger partial charge in [0.15, 0.2) is 0 Å². The Labute approximate surface area is 141 Å². The molecule has 1 atom stereocenters. The molecule has 2 nitrogen and oxygen atoms in total. The fourth-order valence-electron chi connectivity index (χ4n) is 3.68. The van der Waals surface area contributed by atoms with E-state index < -0.39 is 0 Å². The normalized spacial score (nSPS) is 20.9. The predicted molar refractivity (Wildman–Crippen MR) is 94.9 cm³/mol. The first kappa shape index (κ1) is 18.8. The molecule has 0 bridgehead atoms. The van der Waals surface area contributed by atoms with Crippen LogP contribution in [-0.2, 0) is 0 Å². The second-order valence-corrected chi connectivity index (χ2v) is 6.34. The van der Waals surface area contributed by atoms with Crippen LogP contribution in [0.25, 0.3) is 0 Å². The molecule has 120 valence electrons. The number of hydrogen-bond acceptors (Lipinski definition) is 2. The molecule has 1 saturated heterocycles. The van der Waals surface area contributed by atoms with E-state index in [9.17, 15) is 0 Å². The largest absolute Gasteiger partial charge is 0.314 e. The highest BCUT2D eigenvalue weighted by atomic mass is 35.5. The minimum absolute atomic E-state index is 0. The molecular formula is C17H28Cl2N2. The third-order valence-electron chi connectivity index (χ3n) is 4.73. The van der Waals surface area contributed by atoms with E-state index >= 15 is 0 Å². The fourth-order valence-corrected chi connectivity index (χ4v) is 3.68. The molecule has 3 rings (SSSR count). The molecule has 0 amide bonds. The quantitative estimate of drug-likeness (QED) is 0.904. The molecule has 21 heavy (non-hydrogen) atoms. The summed E-state index contributed by atoms with van der Waals surface area (Å²) in [5.41, 5.74) is 4.38. The van der Waals surface area contributed by atoms with Gasteiger partial charge in [0.2, 0.25) is 0 Å². The van der Waals surface area contributed by atoms with Crippen LogP contribution in [-0.4, -0.2) is 31.1 Å². The number of rotatable bonds is 3. The third kappa shape index (κ3) is 4.35. The van der Waals surface area contributed by atoms with Gasteiger partial charge in [-0.05, 0) is 38.2 Å². The van der Waals surface area contributed by atoms with E-state index in [4.69, 9.17) is 0 Å². The molecule has 1 aromatic carbocycles. The Morgan fingerprint density at radius 1 is 1.00 bits per heavy atom. The Morgan fingerprint density at radius 3 is 2.05 bits per heavy atom. The number of hydrogen-bond donors (Lipinski definition) is 1. The maximum Gasteiger partial charge on any atom is 0.0377 e. The van der Waals surface area contributed by atoms with Crippen molar-refractivity contribution in [1.29, 1.82) is 0 Å². The number of piperazine rings is 1. The summed E-state index contributed by atoms with van der Waals surface area (Å²) in [6.07, 6.45) is 4.27. The van der Waals surface area contributed by atoms with Crippen molar-refractivity contribution in [3.63, 3.8) is 0 Å². The molecule has 0 radical (unpaired) electrons. The van der Waals surface area contributed by atoms with Crippen molar-refractivity contribution in [2.45, 2.75) is 39.2 Å². The van der Waals surface area contributed by atoms with Crippen molar-refractivity contribution in [2.24, 2.45) is 5.92 Å². The molecular weight excluding hydrogens is 303 g/mol. The molecule has 1 aliphatic carbocycles. The van der Waals surface area contributed by atoms with Crippen LogP contribution in [0, 0.1) is 19.8 Å². The van der Waals surface area contributed by atoms with Gasteiger partial charge < -0.3 is 5.32 Å². The smallest absolute Gasteiger partial charge is 0.0377 e. The van der Waals surface area contributed by atoms with E-state index in [-0.39, 0.29) is 24.8 Å². The second kappa shape index (κ2) is 8.38. The molecule has 2 aliphatic rings. The Morgan fingerprint density at radius 2 is 1.57 bits per heavy atom.